The molecule has 0 aromatic carbocycles. The Hall–Kier alpha value is -3.95. The number of hydrogen-bond acceptors (Lipinski definition) is 10. The van der Waals surface area contributed by atoms with Crippen LogP contribution in [0.25, 0.3) is 0 Å². The van der Waals surface area contributed by atoms with Crippen molar-refractivity contribution in [3.8, 4) is 0 Å². The Kier molecular flexibility index (Phi) is 45.7. The topological polar surface area (TPSA) is 130 Å². The van der Waals surface area contributed by atoms with Crippen molar-refractivity contribution in [2.24, 2.45) is 0 Å². The number of aromatic nitrogens is 5. The Morgan fingerprint density at radius 3 is 1.28 bits per heavy atom. The molecule has 0 amide bonds. The van der Waals surface area contributed by atoms with E-state index in [1.165, 1.54) is 12.8 Å². The van der Waals surface area contributed by atoms with Crippen molar-refractivity contribution < 1.29 is 22.3 Å². The van der Waals surface area contributed by atoms with Gasteiger partial charge in [-0.05, 0) is 11.8 Å². The summed E-state index contributed by atoms with van der Waals surface area (Å²) < 4.78 is 24.2. The summed E-state index contributed by atoms with van der Waals surface area (Å²) in [5.41, 5.74) is 2.04. The molecule has 10 nitrogen and oxygen atoms in total. The van der Waals surface area contributed by atoms with Crippen LogP contribution in [0.3, 0.4) is 0 Å². The monoisotopic (exact) mass is 706 g/mol. The third kappa shape index (κ3) is 31.3. The average Bonchev–Trinajstić information content (AvgIpc) is 4.00. The van der Waals surface area contributed by atoms with Crippen molar-refractivity contribution in [3.63, 3.8) is 0 Å². The molecular weight excluding hydrogens is 630 g/mol. The highest BCUT2D eigenvalue weighted by Crippen LogP contribution is 2.12. The zero-order chi connectivity index (χ0) is 39.9. The lowest BCUT2D eigenvalue weighted by molar-refractivity contribution is 0.371. The summed E-state index contributed by atoms with van der Waals surface area (Å²) in [5.74, 6) is 4.99. The van der Waals surface area contributed by atoms with E-state index in [9.17, 15) is 0 Å². The van der Waals surface area contributed by atoms with Gasteiger partial charge in [-0.2, -0.15) is 0 Å². The van der Waals surface area contributed by atoms with Crippen LogP contribution in [0.5, 0.6) is 0 Å². The highest BCUT2D eigenvalue weighted by molar-refractivity contribution is 5.00. The number of hydrogen-bond donors (Lipinski definition) is 0. The Morgan fingerprint density at radius 2 is 1.08 bits per heavy atom. The fourth-order valence-electron chi connectivity index (χ4n) is 2.58. The number of oxazole rings is 3. The Labute approximate surface area is 306 Å². The molecule has 0 saturated heterocycles. The highest BCUT2D eigenvalue weighted by Gasteiger charge is 2.02. The third-order valence-electron chi connectivity index (χ3n) is 5.08. The van der Waals surface area contributed by atoms with Gasteiger partial charge in [0.15, 0.2) is 18.7 Å². The number of rotatable bonds is 5. The maximum absolute atomic E-state index is 4.98. The summed E-state index contributed by atoms with van der Waals surface area (Å²) in [6, 6.07) is 3.76. The van der Waals surface area contributed by atoms with Gasteiger partial charge in [-0.3, -0.25) is 0 Å². The van der Waals surface area contributed by atoms with Gasteiger partial charge in [-0.1, -0.05) is 149 Å². The van der Waals surface area contributed by atoms with E-state index in [2.05, 4.69) is 85.2 Å². The first-order valence-corrected chi connectivity index (χ1v) is 18.5. The van der Waals surface area contributed by atoms with Crippen LogP contribution in [0.2, 0.25) is 0 Å². The van der Waals surface area contributed by atoms with E-state index in [0.717, 1.165) is 28.8 Å². The van der Waals surface area contributed by atoms with E-state index < -0.39 is 0 Å². The molecule has 290 valence electrons. The molecule has 5 rings (SSSR count). The van der Waals surface area contributed by atoms with Crippen molar-refractivity contribution in [2.75, 3.05) is 0 Å². The van der Waals surface area contributed by atoms with Crippen molar-refractivity contribution in [3.05, 3.63) is 91.1 Å². The van der Waals surface area contributed by atoms with Crippen molar-refractivity contribution in [1.82, 2.24) is 25.3 Å². The quantitative estimate of drug-likeness (QED) is 0.174. The molecule has 0 fully saturated rings. The van der Waals surface area contributed by atoms with Crippen molar-refractivity contribution in [1.29, 1.82) is 0 Å². The van der Waals surface area contributed by atoms with Gasteiger partial charge < -0.3 is 22.3 Å². The van der Waals surface area contributed by atoms with Crippen LogP contribution in [0.4, 0.5) is 0 Å². The standard InChI is InChI=1S/5C6H9NO.5C2H6/c1-5(2)6-3-8-4-7-6;1-5(2)6-3-7-4-8-6;1-5(2)6-7-3-4-8-6;1-5(2)6-3-4-8-7-6;1-5(2)6-3-4-7-8-6;5*1-2/h5*3-5H,1-2H3;5*1-2H3. The molecule has 10 heteroatoms. The van der Waals surface area contributed by atoms with Crippen LogP contribution in [0.1, 0.15) is 197 Å². The van der Waals surface area contributed by atoms with Crippen LogP contribution in [0.15, 0.2) is 84.6 Å². The summed E-state index contributed by atoms with van der Waals surface area (Å²) in [6.07, 6.45) is 12.8. The van der Waals surface area contributed by atoms with Gasteiger partial charge in [-0.25, -0.2) is 15.0 Å². The minimum atomic E-state index is 0.407. The molecule has 0 aliphatic carbocycles. The maximum Gasteiger partial charge on any atom is 0.196 e. The zero-order valence-electron chi connectivity index (χ0n) is 35.4. The molecule has 0 atom stereocenters. The van der Waals surface area contributed by atoms with Gasteiger partial charge in [0, 0.05) is 29.9 Å². The Balaban J connectivity index is -0.000000158. The van der Waals surface area contributed by atoms with E-state index >= 15 is 0 Å². The van der Waals surface area contributed by atoms with Gasteiger partial charge in [0.1, 0.15) is 30.3 Å². The Morgan fingerprint density at radius 1 is 0.520 bits per heavy atom. The molecular formula is C40H75N5O5. The number of nitrogens with zero attached hydrogens (tertiary/aromatic N) is 5. The zero-order valence-corrected chi connectivity index (χ0v) is 35.4. The summed E-state index contributed by atoms with van der Waals surface area (Å²) >= 11 is 0. The minimum absolute atomic E-state index is 0.407. The van der Waals surface area contributed by atoms with Crippen molar-refractivity contribution in [2.45, 2.75) is 168 Å². The van der Waals surface area contributed by atoms with Gasteiger partial charge in [-0.15, -0.1) is 0 Å². The first-order chi connectivity index (χ1) is 24.0. The molecule has 0 aliphatic rings. The minimum Gasteiger partial charge on any atom is -0.451 e. The van der Waals surface area contributed by atoms with Crippen LogP contribution >= 0.6 is 0 Å². The molecule has 0 bridgehead atoms. The highest BCUT2D eigenvalue weighted by atomic mass is 16.5. The molecule has 5 aromatic heterocycles. The lowest BCUT2D eigenvalue weighted by Crippen LogP contribution is -1.83. The van der Waals surface area contributed by atoms with Crippen molar-refractivity contribution >= 4 is 0 Å². The second-order valence-corrected chi connectivity index (χ2v) is 10.3. The lowest BCUT2D eigenvalue weighted by Gasteiger charge is -1.93. The predicted molar refractivity (Wildman–Crippen MR) is 210 cm³/mol. The summed E-state index contributed by atoms with van der Waals surface area (Å²) in [4.78, 5) is 11.7. The van der Waals surface area contributed by atoms with Gasteiger partial charge in [0.25, 0.3) is 0 Å². The summed E-state index contributed by atoms with van der Waals surface area (Å²) in [5, 5.41) is 7.31. The van der Waals surface area contributed by atoms with Gasteiger partial charge >= 0.3 is 0 Å². The second kappa shape index (κ2) is 41.2. The molecule has 50 heavy (non-hydrogen) atoms. The average molecular weight is 706 g/mol. The molecule has 0 saturated carbocycles. The smallest absolute Gasteiger partial charge is 0.196 e. The van der Waals surface area contributed by atoms with Crippen LogP contribution in [-0.4, -0.2) is 25.3 Å². The first kappa shape index (κ1) is 55.5. The van der Waals surface area contributed by atoms with Crippen LogP contribution in [0, 0.1) is 0 Å². The van der Waals surface area contributed by atoms with Gasteiger partial charge in [0.05, 0.1) is 30.0 Å². The van der Waals surface area contributed by atoms with E-state index in [1.54, 1.807) is 37.4 Å². The van der Waals surface area contributed by atoms with E-state index in [0.29, 0.717) is 29.6 Å². The summed E-state index contributed by atoms with van der Waals surface area (Å²) in [6.45, 7) is 40.7. The fourth-order valence-corrected chi connectivity index (χ4v) is 2.58. The molecule has 0 aliphatic heterocycles. The Bertz CT molecular complexity index is 944. The SMILES string of the molecule is CC.CC.CC.CC.CC.CC(C)c1ccno1.CC(C)c1ccon1.CC(C)c1cnco1.CC(C)c1cocn1.CC(C)c1ncco1. The second-order valence-electron chi connectivity index (χ2n) is 10.3. The third-order valence-corrected chi connectivity index (χ3v) is 5.08. The van der Waals surface area contributed by atoms with E-state index in [4.69, 9.17) is 17.8 Å². The largest absolute Gasteiger partial charge is 0.451 e. The van der Waals surface area contributed by atoms with Crippen LogP contribution in [-0.2, 0) is 0 Å². The lowest BCUT2D eigenvalue weighted by atomic mass is 10.1. The van der Waals surface area contributed by atoms with Gasteiger partial charge in [0.2, 0.25) is 0 Å². The molecule has 0 unspecified atom stereocenters. The normalized spacial score (nSPS) is 8.90. The molecule has 0 N–H and O–H groups in total. The predicted octanol–water partition coefficient (Wildman–Crippen LogP) is 14.1. The van der Waals surface area contributed by atoms with E-state index in [1.807, 2.05) is 95.2 Å². The first-order valence-electron chi connectivity index (χ1n) is 18.5. The molecule has 5 heterocycles. The molecule has 0 radical (unpaired) electrons. The van der Waals surface area contributed by atoms with Crippen LogP contribution < -0.4 is 0 Å². The fraction of sp³-hybridized carbons (Fsp3) is 0.625. The summed E-state index contributed by atoms with van der Waals surface area (Å²) in [7, 11) is 0. The maximum atomic E-state index is 4.98. The molecule has 5 aromatic rings. The molecule has 0 spiro atoms. The van der Waals surface area contributed by atoms with E-state index in [-0.39, 0.29) is 0 Å².